The summed E-state index contributed by atoms with van der Waals surface area (Å²) < 4.78 is 5.19. The summed E-state index contributed by atoms with van der Waals surface area (Å²) in [6.45, 7) is 6.03. The van der Waals surface area contributed by atoms with E-state index < -0.39 is 0 Å². The largest absolute Gasteiger partial charge is 0.339 e. The molecule has 1 amide bonds. The van der Waals surface area contributed by atoms with Crippen molar-refractivity contribution in [2.24, 2.45) is 0 Å². The van der Waals surface area contributed by atoms with E-state index in [1.165, 1.54) is 11.3 Å². The van der Waals surface area contributed by atoms with Gasteiger partial charge in [-0.05, 0) is 12.1 Å². The zero-order valence-corrected chi connectivity index (χ0v) is 15.1. The summed E-state index contributed by atoms with van der Waals surface area (Å²) in [7, 11) is 0. The van der Waals surface area contributed by atoms with E-state index in [0.29, 0.717) is 23.3 Å². The van der Waals surface area contributed by atoms with Gasteiger partial charge in [-0.2, -0.15) is 4.98 Å². The number of rotatable bonds is 5. The fourth-order valence-corrected chi connectivity index (χ4v) is 2.75. The van der Waals surface area contributed by atoms with Gasteiger partial charge in [0.25, 0.3) is 0 Å². The highest BCUT2D eigenvalue weighted by molar-refractivity contribution is 7.14. The Morgan fingerprint density at radius 2 is 2.08 bits per heavy atom. The fraction of sp³-hybridized carbons (Fsp3) is 0.353. The summed E-state index contributed by atoms with van der Waals surface area (Å²) in [4.78, 5) is 25.0. The van der Waals surface area contributed by atoms with Crippen LogP contribution in [0.15, 0.2) is 34.3 Å². The van der Waals surface area contributed by atoms with Gasteiger partial charge in [0.05, 0.1) is 5.69 Å². The summed E-state index contributed by atoms with van der Waals surface area (Å²) in [5.74, 6) is 0.966. The van der Waals surface area contributed by atoms with E-state index in [1.54, 1.807) is 6.20 Å². The van der Waals surface area contributed by atoms with Gasteiger partial charge in [-0.1, -0.05) is 32.0 Å². The third-order valence-corrected chi connectivity index (χ3v) is 4.14. The summed E-state index contributed by atoms with van der Waals surface area (Å²) in [6.07, 6.45) is 2.36. The lowest BCUT2D eigenvalue weighted by molar-refractivity contribution is -0.116. The second-order valence-electron chi connectivity index (χ2n) is 6.56. The molecule has 3 rings (SSSR count). The van der Waals surface area contributed by atoms with Gasteiger partial charge in [0.1, 0.15) is 5.69 Å². The molecule has 0 unspecified atom stereocenters. The van der Waals surface area contributed by atoms with Crippen LogP contribution in [0.25, 0.3) is 11.4 Å². The Bertz CT molecular complexity index is 851. The van der Waals surface area contributed by atoms with E-state index >= 15 is 0 Å². The molecule has 0 aliphatic rings. The number of carbonyl (C=O) groups excluding carboxylic acids is 1. The Hall–Kier alpha value is -2.61. The normalized spacial score (nSPS) is 11.5. The van der Waals surface area contributed by atoms with Crippen molar-refractivity contribution in [2.45, 2.75) is 39.0 Å². The Kier molecular flexibility index (Phi) is 4.89. The van der Waals surface area contributed by atoms with Crippen LogP contribution in [-0.2, 0) is 16.6 Å². The van der Waals surface area contributed by atoms with Crippen LogP contribution < -0.4 is 5.32 Å². The number of nitrogens with one attached hydrogen (secondary N) is 1. The molecule has 0 radical (unpaired) electrons. The van der Waals surface area contributed by atoms with Crippen molar-refractivity contribution < 1.29 is 9.32 Å². The standard InChI is InChI=1S/C17H19N5O2S/c1-17(2,3)15-21-14(24-22-15)8-7-13(23)20-16-19-12(10-25-16)11-6-4-5-9-18-11/h4-6,9-10H,7-8H2,1-3H3,(H,19,20,23). The summed E-state index contributed by atoms with van der Waals surface area (Å²) >= 11 is 1.37. The van der Waals surface area contributed by atoms with Crippen LogP contribution in [0.4, 0.5) is 5.13 Å². The average Bonchev–Trinajstić information content (AvgIpc) is 3.23. The first-order valence-electron chi connectivity index (χ1n) is 7.91. The van der Waals surface area contributed by atoms with Gasteiger partial charge in [-0.25, -0.2) is 4.98 Å². The maximum absolute atomic E-state index is 12.1. The van der Waals surface area contributed by atoms with Crippen LogP contribution in [0, 0.1) is 0 Å². The number of thiazole rings is 1. The number of hydrogen-bond acceptors (Lipinski definition) is 7. The first kappa shape index (κ1) is 17.2. The van der Waals surface area contributed by atoms with E-state index in [9.17, 15) is 4.79 Å². The van der Waals surface area contributed by atoms with Gasteiger partial charge < -0.3 is 9.84 Å². The fourth-order valence-electron chi connectivity index (χ4n) is 2.03. The van der Waals surface area contributed by atoms with E-state index in [4.69, 9.17) is 4.52 Å². The molecule has 0 spiro atoms. The Labute approximate surface area is 149 Å². The number of nitrogens with zero attached hydrogens (tertiary/aromatic N) is 4. The maximum atomic E-state index is 12.1. The van der Waals surface area contributed by atoms with E-state index in [0.717, 1.165) is 11.4 Å². The number of amides is 1. The van der Waals surface area contributed by atoms with Crippen LogP contribution in [0.5, 0.6) is 0 Å². The number of aryl methyl sites for hydroxylation is 1. The molecule has 0 aliphatic carbocycles. The zero-order chi connectivity index (χ0) is 17.9. The smallest absolute Gasteiger partial charge is 0.227 e. The monoisotopic (exact) mass is 357 g/mol. The molecule has 0 saturated carbocycles. The average molecular weight is 357 g/mol. The van der Waals surface area contributed by atoms with Gasteiger partial charge >= 0.3 is 0 Å². The second kappa shape index (κ2) is 7.10. The van der Waals surface area contributed by atoms with Crippen molar-refractivity contribution in [3.63, 3.8) is 0 Å². The molecule has 7 nitrogen and oxygen atoms in total. The topological polar surface area (TPSA) is 93.8 Å². The Morgan fingerprint density at radius 3 is 2.76 bits per heavy atom. The van der Waals surface area contributed by atoms with Crippen molar-refractivity contribution in [1.82, 2.24) is 20.1 Å². The van der Waals surface area contributed by atoms with Crippen LogP contribution in [0.3, 0.4) is 0 Å². The molecular formula is C17H19N5O2S. The minimum absolute atomic E-state index is 0.141. The van der Waals surface area contributed by atoms with Crippen molar-refractivity contribution in [2.75, 3.05) is 5.32 Å². The van der Waals surface area contributed by atoms with Crippen molar-refractivity contribution in [3.8, 4) is 11.4 Å². The molecular weight excluding hydrogens is 338 g/mol. The lowest BCUT2D eigenvalue weighted by atomic mass is 9.96. The van der Waals surface area contributed by atoms with Crippen LogP contribution >= 0.6 is 11.3 Å². The minimum atomic E-state index is -0.174. The molecule has 0 bridgehead atoms. The first-order chi connectivity index (χ1) is 11.9. The molecule has 3 aromatic heterocycles. The number of aromatic nitrogens is 4. The van der Waals surface area contributed by atoms with Crippen LogP contribution in [0.2, 0.25) is 0 Å². The minimum Gasteiger partial charge on any atom is -0.339 e. The number of carbonyl (C=O) groups is 1. The molecule has 3 heterocycles. The quantitative estimate of drug-likeness (QED) is 0.751. The van der Waals surface area contributed by atoms with Gasteiger partial charge in [-0.3, -0.25) is 9.78 Å². The number of anilines is 1. The summed E-state index contributed by atoms with van der Waals surface area (Å²) in [5, 5.41) is 9.16. The SMILES string of the molecule is CC(C)(C)c1noc(CCC(=O)Nc2nc(-c3ccccn3)cs2)n1. The maximum Gasteiger partial charge on any atom is 0.227 e. The molecule has 25 heavy (non-hydrogen) atoms. The molecule has 0 atom stereocenters. The molecule has 0 aliphatic heterocycles. The third-order valence-electron chi connectivity index (χ3n) is 3.38. The van der Waals surface area contributed by atoms with Crippen LogP contribution in [-0.4, -0.2) is 26.0 Å². The highest BCUT2D eigenvalue weighted by Gasteiger charge is 2.21. The van der Waals surface area contributed by atoms with E-state index in [2.05, 4.69) is 25.4 Å². The third kappa shape index (κ3) is 4.48. The van der Waals surface area contributed by atoms with Crippen molar-refractivity contribution in [3.05, 3.63) is 41.5 Å². The summed E-state index contributed by atoms with van der Waals surface area (Å²) in [5.41, 5.74) is 1.35. The number of pyridine rings is 1. The zero-order valence-electron chi connectivity index (χ0n) is 14.3. The molecule has 0 aromatic carbocycles. The van der Waals surface area contributed by atoms with Crippen molar-refractivity contribution >= 4 is 22.4 Å². The second-order valence-corrected chi connectivity index (χ2v) is 7.42. The lowest BCUT2D eigenvalue weighted by Crippen LogP contribution is -2.14. The lowest BCUT2D eigenvalue weighted by Gasteiger charge is -2.10. The molecule has 130 valence electrons. The van der Waals surface area contributed by atoms with Gasteiger partial charge in [0, 0.05) is 29.8 Å². The predicted octanol–water partition coefficient (Wildman–Crippen LogP) is 3.46. The van der Waals surface area contributed by atoms with E-state index in [1.807, 2.05) is 44.4 Å². The van der Waals surface area contributed by atoms with Gasteiger partial charge in [0.15, 0.2) is 11.0 Å². The number of hydrogen-bond donors (Lipinski definition) is 1. The first-order valence-corrected chi connectivity index (χ1v) is 8.79. The van der Waals surface area contributed by atoms with E-state index in [-0.39, 0.29) is 17.7 Å². The van der Waals surface area contributed by atoms with Crippen molar-refractivity contribution in [1.29, 1.82) is 0 Å². The molecule has 0 fully saturated rings. The Balaban J connectivity index is 1.55. The highest BCUT2D eigenvalue weighted by Crippen LogP contribution is 2.23. The predicted molar refractivity (Wildman–Crippen MR) is 95.3 cm³/mol. The molecule has 8 heteroatoms. The highest BCUT2D eigenvalue weighted by atomic mass is 32.1. The molecule has 3 aromatic rings. The summed E-state index contributed by atoms with van der Waals surface area (Å²) in [6, 6.07) is 5.63. The van der Waals surface area contributed by atoms with Crippen LogP contribution in [0.1, 0.15) is 38.9 Å². The van der Waals surface area contributed by atoms with Gasteiger partial charge in [-0.15, -0.1) is 11.3 Å². The molecule has 0 saturated heterocycles. The Morgan fingerprint density at radius 1 is 1.24 bits per heavy atom. The van der Waals surface area contributed by atoms with Gasteiger partial charge in [0.2, 0.25) is 11.8 Å². The molecule has 1 N–H and O–H groups in total.